The number of hydrogen-bond donors (Lipinski definition) is 0. The summed E-state index contributed by atoms with van der Waals surface area (Å²) in [5.74, 6) is 0.901. The maximum absolute atomic E-state index is 11.5. The molecule has 1 aromatic carbocycles. The SMILES string of the molecule is COCCOC1C(=O)CC1Oc1ccccc1I. The highest BCUT2D eigenvalue weighted by atomic mass is 127. The minimum absolute atomic E-state index is 0.0991. The van der Waals surface area contributed by atoms with E-state index in [0.29, 0.717) is 19.6 Å². The Balaban J connectivity index is 1.90. The third-order valence-corrected chi connectivity index (χ3v) is 3.65. The predicted molar refractivity (Wildman–Crippen MR) is 74.8 cm³/mol. The highest BCUT2D eigenvalue weighted by Crippen LogP contribution is 2.28. The summed E-state index contributed by atoms with van der Waals surface area (Å²) in [5.41, 5.74) is 0. The van der Waals surface area contributed by atoms with Gasteiger partial charge in [-0.25, -0.2) is 0 Å². The van der Waals surface area contributed by atoms with Gasteiger partial charge in [0.05, 0.1) is 16.8 Å². The van der Waals surface area contributed by atoms with E-state index in [1.54, 1.807) is 7.11 Å². The molecule has 2 unspecified atom stereocenters. The lowest BCUT2D eigenvalue weighted by Gasteiger charge is -2.34. The van der Waals surface area contributed by atoms with Crippen molar-refractivity contribution >= 4 is 28.4 Å². The average Bonchev–Trinajstić information content (AvgIpc) is 2.36. The van der Waals surface area contributed by atoms with E-state index in [4.69, 9.17) is 14.2 Å². The molecule has 0 aliphatic heterocycles. The molecule has 0 heterocycles. The number of carbonyl (C=O) groups excluding carboxylic acids is 1. The summed E-state index contributed by atoms with van der Waals surface area (Å²) < 4.78 is 17.2. The van der Waals surface area contributed by atoms with Crippen LogP contribution < -0.4 is 4.74 Å². The van der Waals surface area contributed by atoms with E-state index in [0.717, 1.165) is 9.32 Å². The summed E-state index contributed by atoms with van der Waals surface area (Å²) in [6.45, 7) is 0.901. The number of para-hydroxylation sites is 1. The van der Waals surface area contributed by atoms with Gasteiger partial charge in [-0.1, -0.05) is 12.1 Å². The Morgan fingerprint density at radius 2 is 2.11 bits per heavy atom. The van der Waals surface area contributed by atoms with Crippen LogP contribution in [0.25, 0.3) is 0 Å². The van der Waals surface area contributed by atoms with Crippen molar-refractivity contribution in [2.24, 2.45) is 0 Å². The van der Waals surface area contributed by atoms with E-state index in [2.05, 4.69) is 22.6 Å². The van der Waals surface area contributed by atoms with E-state index in [-0.39, 0.29) is 11.9 Å². The van der Waals surface area contributed by atoms with Gasteiger partial charge in [0.25, 0.3) is 0 Å². The van der Waals surface area contributed by atoms with Crippen LogP contribution in [-0.2, 0) is 14.3 Å². The van der Waals surface area contributed by atoms with Crippen molar-refractivity contribution in [3.63, 3.8) is 0 Å². The van der Waals surface area contributed by atoms with E-state index >= 15 is 0 Å². The van der Waals surface area contributed by atoms with Crippen LogP contribution in [-0.4, -0.2) is 38.3 Å². The largest absolute Gasteiger partial charge is 0.486 e. The van der Waals surface area contributed by atoms with Gasteiger partial charge in [0, 0.05) is 13.5 Å². The van der Waals surface area contributed by atoms with Gasteiger partial charge < -0.3 is 14.2 Å². The van der Waals surface area contributed by atoms with E-state index in [1.807, 2.05) is 24.3 Å². The second kappa shape index (κ2) is 6.49. The lowest BCUT2D eigenvalue weighted by Crippen LogP contribution is -2.52. The molecule has 2 rings (SSSR count). The standard InChI is InChI=1S/C13H15IO4/c1-16-6-7-17-13-10(15)8-12(13)18-11-5-3-2-4-9(11)14/h2-5,12-13H,6-8H2,1H3. The third-order valence-electron chi connectivity index (χ3n) is 2.76. The molecule has 98 valence electrons. The van der Waals surface area contributed by atoms with Crippen molar-refractivity contribution in [2.75, 3.05) is 20.3 Å². The number of ketones is 1. The van der Waals surface area contributed by atoms with Crippen molar-refractivity contribution in [1.29, 1.82) is 0 Å². The van der Waals surface area contributed by atoms with E-state index in [1.165, 1.54) is 0 Å². The number of halogens is 1. The predicted octanol–water partition coefficient (Wildman–Crippen LogP) is 2.04. The topological polar surface area (TPSA) is 44.8 Å². The summed E-state index contributed by atoms with van der Waals surface area (Å²) in [4.78, 5) is 11.5. The van der Waals surface area contributed by atoms with Crippen molar-refractivity contribution in [3.05, 3.63) is 27.8 Å². The maximum Gasteiger partial charge on any atom is 0.169 e. The van der Waals surface area contributed by atoms with E-state index < -0.39 is 6.10 Å². The molecule has 0 saturated heterocycles. The Labute approximate surface area is 120 Å². The molecular weight excluding hydrogens is 347 g/mol. The van der Waals surface area contributed by atoms with Crippen LogP contribution in [0.2, 0.25) is 0 Å². The molecule has 1 aliphatic carbocycles. The van der Waals surface area contributed by atoms with Crippen LogP contribution in [0.15, 0.2) is 24.3 Å². The highest BCUT2D eigenvalue weighted by Gasteiger charge is 2.42. The Bertz CT molecular complexity index is 421. The van der Waals surface area contributed by atoms with Crippen molar-refractivity contribution in [2.45, 2.75) is 18.6 Å². The smallest absolute Gasteiger partial charge is 0.169 e. The molecule has 1 aromatic rings. The van der Waals surface area contributed by atoms with Crippen LogP contribution in [0.1, 0.15) is 6.42 Å². The van der Waals surface area contributed by atoms with Crippen LogP contribution >= 0.6 is 22.6 Å². The molecule has 0 bridgehead atoms. The van der Waals surface area contributed by atoms with Gasteiger partial charge in [-0.15, -0.1) is 0 Å². The van der Waals surface area contributed by atoms with Gasteiger partial charge in [0.2, 0.25) is 0 Å². The Kier molecular flexibility index (Phi) is 4.96. The first-order valence-electron chi connectivity index (χ1n) is 5.77. The van der Waals surface area contributed by atoms with Gasteiger partial charge in [0.15, 0.2) is 11.9 Å². The molecule has 4 nitrogen and oxygen atoms in total. The quantitative estimate of drug-likeness (QED) is 0.574. The fourth-order valence-electron chi connectivity index (χ4n) is 1.73. The third kappa shape index (κ3) is 3.21. The van der Waals surface area contributed by atoms with Crippen molar-refractivity contribution < 1.29 is 19.0 Å². The Morgan fingerprint density at radius 3 is 2.78 bits per heavy atom. The molecule has 1 aliphatic rings. The number of rotatable bonds is 6. The number of methoxy groups -OCH3 is 1. The zero-order valence-corrected chi connectivity index (χ0v) is 12.3. The van der Waals surface area contributed by atoms with Crippen LogP contribution in [0.3, 0.4) is 0 Å². The second-order valence-corrected chi connectivity index (χ2v) is 5.20. The summed E-state index contributed by atoms with van der Waals surface area (Å²) in [6.07, 6.45) is -0.204. The maximum atomic E-state index is 11.5. The molecule has 0 N–H and O–H groups in total. The number of carbonyl (C=O) groups is 1. The van der Waals surface area contributed by atoms with Crippen LogP contribution in [0, 0.1) is 3.57 Å². The molecule has 1 saturated carbocycles. The zero-order valence-electron chi connectivity index (χ0n) is 10.1. The first-order valence-corrected chi connectivity index (χ1v) is 6.84. The molecular formula is C13H15IO4. The molecule has 0 aromatic heterocycles. The fraction of sp³-hybridized carbons (Fsp3) is 0.462. The first-order chi connectivity index (χ1) is 8.72. The van der Waals surface area contributed by atoms with Crippen LogP contribution in [0.4, 0.5) is 0 Å². The lowest BCUT2D eigenvalue weighted by molar-refractivity contribution is -0.156. The molecule has 1 fully saturated rings. The van der Waals surface area contributed by atoms with Crippen LogP contribution in [0.5, 0.6) is 5.75 Å². The summed E-state index contributed by atoms with van der Waals surface area (Å²) in [5, 5.41) is 0. The number of benzene rings is 1. The van der Waals surface area contributed by atoms with Gasteiger partial charge in [-0.05, 0) is 34.7 Å². The van der Waals surface area contributed by atoms with Crippen molar-refractivity contribution in [3.8, 4) is 5.75 Å². The molecule has 2 atom stereocenters. The highest BCUT2D eigenvalue weighted by molar-refractivity contribution is 14.1. The zero-order chi connectivity index (χ0) is 13.0. The Morgan fingerprint density at radius 1 is 1.33 bits per heavy atom. The molecule has 5 heteroatoms. The summed E-state index contributed by atoms with van der Waals surface area (Å²) >= 11 is 2.21. The molecule has 0 amide bonds. The molecule has 18 heavy (non-hydrogen) atoms. The normalized spacial score (nSPS) is 22.7. The minimum atomic E-state index is -0.448. The second-order valence-electron chi connectivity index (χ2n) is 4.04. The summed E-state index contributed by atoms with van der Waals surface area (Å²) in [6, 6.07) is 7.74. The van der Waals surface area contributed by atoms with E-state index in [9.17, 15) is 4.79 Å². The number of hydrogen-bond acceptors (Lipinski definition) is 4. The minimum Gasteiger partial charge on any atom is -0.486 e. The number of Topliss-reactive ketones (excluding diaryl/α,β-unsaturated/α-hetero) is 1. The van der Waals surface area contributed by atoms with Crippen molar-refractivity contribution in [1.82, 2.24) is 0 Å². The first kappa shape index (κ1) is 13.8. The van der Waals surface area contributed by atoms with Gasteiger partial charge in [-0.2, -0.15) is 0 Å². The molecule has 0 radical (unpaired) electrons. The Hall–Kier alpha value is -0.660. The lowest BCUT2D eigenvalue weighted by atomic mass is 9.90. The van der Waals surface area contributed by atoms with Gasteiger partial charge in [0.1, 0.15) is 11.9 Å². The van der Waals surface area contributed by atoms with Gasteiger partial charge in [-0.3, -0.25) is 4.79 Å². The van der Waals surface area contributed by atoms with Gasteiger partial charge >= 0.3 is 0 Å². The summed E-state index contributed by atoms with van der Waals surface area (Å²) in [7, 11) is 1.60. The molecule has 0 spiro atoms. The number of ether oxygens (including phenoxy) is 3. The fourth-order valence-corrected chi connectivity index (χ4v) is 2.25. The monoisotopic (exact) mass is 362 g/mol. The average molecular weight is 362 g/mol.